The van der Waals surface area contributed by atoms with Crippen molar-refractivity contribution in [2.24, 2.45) is 5.73 Å². The molecule has 1 atom stereocenters. The summed E-state index contributed by atoms with van der Waals surface area (Å²) in [5.74, 6) is -0.0979. The average Bonchev–Trinajstić information content (AvgIpc) is 2.88. The van der Waals surface area contributed by atoms with E-state index in [4.69, 9.17) is 15.6 Å². The summed E-state index contributed by atoms with van der Waals surface area (Å²) in [5, 5.41) is 9.04. The minimum atomic E-state index is -0.917. The van der Waals surface area contributed by atoms with Gasteiger partial charge in [-0.3, -0.25) is 4.79 Å². The lowest BCUT2D eigenvalue weighted by molar-refractivity contribution is -0.139. The van der Waals surface area contributed by atoms with Crippen LogP contribution >= 0.6 is 0 Å². The van der Waals surface area contributed by atoms with E-state index in [1.54, 1.807) is 7.11 Å². The maximum absolute atomic E-state index is 11.0. The van der Waals surface area contributed by atoms with Crippen molar-refractivity contribution >= 4 is 5.97 Å². The highest BCUT2D eigenvalue weighted by Crippen LogP contribution is 2.44. The predicted molar refractivity (Wildman–Crippen MR) is 73.4 cm³/mol. The van der Waals surface area contributed by atoms with E-state index < -0.39 is 12.0 Å². The van der Waals surface area contributed by atoms with Crippen molar-refractivity contribution in [2.45, 2.75) is 43.6 Å². The molecule has 1 aliphatic carbocycles. The Kier molecular flexibility index (Phi) is 4.10. The number of rotatable bonds is 5. The first-order valence-corrected chi connectivity index (χ1v) is 6.70. The van der Waals surface area contributed by atoms with E-state index in [1.807, 2.05) is 24.3 Å². The second-order valence-electron chi connectivity index (χ2n) is 5.36. The van der Waals surface area contributed by atoms with Crippen LogP contribution in [0.5, 0.6) is 5.75 Å². The second kappa shape index (κ2) is 5.61. The Morgan fingerprint density at radius 3 is 2.42 bits per heavy atom. The third-order valence-electron chi connectivity index (χ3n) is 4.19. The Hall–Kier alpha value is -1.55. The molecule has 3 N–H and O–H groups in total. The van der Waals surface area contributed by atoms with Gasteiger partial charge in [0, 0.05) is 0 Å². The Morgan fingerprint density at radius 1 is 1.37 bits per heavy atom. The molecule has 0 aliphatic heterocycles. The lowest BCUT2D eigenvalue weighted by Crippen LogP contribution is -2.38. The van der Waals surface area contributed by atoms with Gasteiger partial charge in [0.1, 0.15) is 11.8 Å². The fourth-order valence-corrected chi connectivity index (χ4v) is 3.12. The Bertz CT molecular complexity index is 435. The molecule has 1 unspecified atom stereocenters. The molecule has 0 saturated heterocycles. The second-order valence-corrected chi connectivity index (χ2v) is 5.36. The highest BCUT2D eigenvalue weighted by molar-refractivity contribution is 5.73. The van der Waals surface area contributed by atoms with E-state index in [9.17, 15) is 4.79 Å². The number of carbonyl (C=O) groups is 1. The van der Waals surface area contributed by atoms with Crippen LogP contribution in [0.4, 0.5) is 0 Å². The van der Waals surface area contributed by atoms with E-state index in [2.05, 4.69) is 0 Å². The molecule has 1 aliphatic rings. The zero-order valence-corrected chi connectivity index (χ0v) is 11.3. The lowest BCUT2D eigenvalue weighted by atomic mass is 9.74. The van der Waals surface area contributed by atoms with Gasteiger partial charge in [0.15, 0.2) is 0 Å². The smallest absolute Gasteiger partial charge is 0.320 e. The summed E-state index contributed by atoms with van der Waals surface area (Å²) in [5.41, 5.74) is 6.85. The summed E-state index contributed by atoms with van der Waals surface area (Å²) < 4.78 is 5.17. The molecule has 1 fully saturated rings. The van der Waals surface area contributed by atoms with E-state index in [0.717, 1.165) is 31.4 Å². The number of carboxylic acids is 1. The maximum atomic E-state index is 11.0. The SMILES string of the molecule is COc1ccc(C2(CC(N)C(=O)O)CCCC2)cc1. The molecule has 104 valence electrons. The third-order valence-corrected chi connectivity index (χ3v) is 4.19. The van der Waals surface area contributed by atoms with Gasteiger partial charge < -0.3 is 15.6 Å². The number of carboxylic acid groups (broad SMARTS) is 1. The minimum Gasteiger partial charge on any atom is -0.497 e. The normalized spacial score (nSPS) is 19.1. The first kappa shape index (κ1) is 13.9. The first-order valence-electron chi connectivity index (χ1n) is 6.70. The van der Waals surface area contributed by atoms with Gasteiger partial charge in [0.05, 0.1) is 7.11 Å². The van der Waals surface area contributed by atoms with Crippen LogP contribution in [0.1, 0.15) is 37.7 Å². The molecular weight excluding hydrogens is 242 g/mol. The molecule has 0 bridgehead atoms. The molecule has 0 radical (unpaired) electrons. The third kappa shape index (κ3) is 2.89. The summed E-state index contributed by atoms with van der Waals surface area (Å²) in [6, 6.07) is 7.15. The summed E-state index contributed by atoms with van der Waals surface area (Å²) in [7, 11) is 1.64. The van der Waals surface area contributed by atoms with Gasteiger partial charge >= 0.3 is 5.97 Å². The quantitative estimate of drug-likeness (QED) is 0.855. The molecule has 1 saturated carbocycles. The van der Waals surface area contributed by atoms with Crippen LogP contribution in [0.3, 0.4) is 0 Å². The molecule has 0 aromatic heterocycles. The summed E-state index contributed by atoms with van der Waals surface area (Å²) in [6.07, 6.45) is 4.81. The van der Waals surface area contributed by atoms with Crippen LogP contribution in [0, 0.1) is 0 Å². The Labute approximate surface area is 113 Å². The van der Waals surface area contributed by atoms with Gasteiger partial charge in [-0.2, -0.15) is 0 Å². The van der Waals surface area contributed by atoms with Gasteiger partial charge in [-0.05, 0) is 42.4 Å². The molecule has 4 nitrogen and oxygen atoms in total. The zero-order valence-electron chi connectivity index (χ0n) is 11.3. The van der Waals surface area contributed by atoms with Gasteiger partial charge in [-0.25, -0.2) is 0 Å². The number of benzene rings is 1. The summed E-state index contributed by atoms with van der Waals surface area (Å²) >= 11 is 0. The summed E-state index contributed by atoms with van der Waals surface area (Å²) in [4.78, 5) is 11.0. The number of hydrogen-bond acceptors (Lipinski definition) is 3. The molecule has 19 heavy (non-hydrogen) atoms. The first-order chi connectivity index (χ1) is 9.07. The van der Waals surface area contributed by atoms with Crippen LogP contribution in [-0.2, 0) is 10.2 Å². The van der Waals surface area contributed by atoms with Crippen LogP contribution in [0.15, 0.2) is 24.3 Å². The van der Waals surface area contributed by atoms with E-state index in [-0.39, 0.29) is 5.41 Å². The van der Waals surface area contributed by atoms with Crippen LogP contribution < -0.4 is 10.5 Å². The van der Waals surface area contributed by atoms with Crippen molar-refractivity contribution in [1.29, 1.82) is 0 Å². The molecule has 0 amide bonds. The predicted octanol–water partition coefficient (Wildman–Crippen LogP) is 2.31. The van der Waals surface area contributed by atoms with Crippen LogP contribution in [0.2, 0.25) is 0 Å². The number of ether oxygens (including phenoxy) is 1. The van der Waals surface area contributed by atoms with Crippen molar-refractivity contribution in [1.82, 2.24) is 0 Å². The standard InChI is InChI=1S/C15H21NO3/c1-19-12-6-4-11(5-7-12)15(8-2-3-9-15)10-13(16)14(17)18/h4-7,13H,2-3,8-10,16H2,1H3,(H,17,18). The highest BCUT2D eigenvalue weighted by atomic mass is 16.5. The number of hydrogen-bond donors (Lipinski definition) is 2. The van der Waals surface area contributed by atoms with Gasteiger partial charge in [-0.1, -0.05) is 25.0 Å². The fourth-order valence-electron chi connectivity index (χ4n) is 3.12. The van der Waals surface area contributed by atoms with E-state index >= 15 is 0 Å². The highest BCUT2D eigenvalue weighted by Gasteiger charge is 2.38. The molecule has 1 aromatic rings. The van der Waals surface area contributed by atoms with Crippen molar-refractivity contribution in [2.75, 3.05) is 7.11 Å². The lowest BCUT2D eigenvalue weighted by Gasteiger charge is -2.31. The largest absolute Gasteiger partial charge is 0.497 e. The molecule has 1 aromatic carbocycles. The van der Waals surface area contributed by atoms with Gasteiger partial charge in [0.2, 0.25) is 0 Å². The molecule has 4 heteroatoms. The van der Waals surface area contributed by atoms with Crippen LogP contribution in [0.25, 0.3) is 0 Å². The maximum Gasteiger partial charge on any atom is 0.320 e. The molecule has 0 spiro atoms. The topological polar surface area (TPSA) is 72.5 Å². The Balaban J connectivity index is 2.25. The molecule has 0 heterocycles. The Morgan fingerprint density at radius 2 is 1.95 bits per heavy atom. The average molecular weight is 263 g/mol. The number of aliphatic carboxylic acids is 1. The van der Waals surface area contributed by atoms with Gasteiger partial charge in [-0.15, -0.1) is 0 Å². The van der Waals surface area contributed by atoms with Crippen molar-refractivity contribution < 1.29 is 14.6 Å². The number of methoxy groups -OCH3 is 1. The minimum absolute atomic E-state index is 0.0793. The summed E-state index contributed by atoms with van der Waals surface area (Å²) in [6.45, 7) is 0. The molecule has 2 rings (SSSR count). The van der Waals surface area contributed by atoms with Gasteiger partial charge in [0.25, 0.3) is 0 Å². The number of nitrogens with two attached hydrogens (primary N) is 1. The fraction of sp³-hybridized carbons (Fsp3) is 0.533. The zero-order chi connectivity index (χ0) is 13.9. The van der Waals surface area contributed by atoms with Crippen molar-refractivity contribution in [3.8, 4) is 5.75 Å². The monoisotopic (exact) mass is 263 g/mol. The van der Waals surface area contributed by atoms with Crippen LogP contribution in [-0.4, -0.2) is 24.2 Å². The van der Waals surface area contributed by atoms with E-state index in [1.165, 1.54) is 5.56 Å². The van der Waals surface area contributed by atoms with E-state index in [0.29, 0.717) is 6.42 Å². The van der Waals surface area contributed by atoms with Crippen molar-refractivity contribution in [3.05, 3.63) is 29.8 Å². The molecular formula is C15H21NO3. The van der Waals surface area contributed by atoms with Crippen molar-refractivity contribution in [3.63, 3.8) is 0 Å².